The van der Waals surface area contributed by atoms with E-state index in [0.717, 1.165) is 38.0 Å². The molecule has 0 spiro atoms. The molecule has 2 aliphatic rings. The van der Waals surface area contributed by atoms with Crippen molar-refractivity contribution in [2.24, 2.45) is 0 Å². The second-order valence-electron chi connectivity index (χ2n) is 7.13. The average Bonchev–Trinajstić information content (AvgIpc) is 3.28. The fourth-order valence-corrected chi connectivity index (χ4v) is 3.89. The summed E-state index contributed by atoms with van der Waals surface area (Å²) in [6, 6.07) is 3.61. The zero-order chi connectivity index (χ0) is 17.8. The van der Waals surface area contributed by atoms with Gasteiger partial charge in [-0.2, -0.15) is 4.98 Å². The Morgan fingerprint density at radius 1 is 1.08 bits per heavy atom. The average molecular weight is 355 g/mol. The van der Waals surface area contributed by atoms with Crippen molar-refractivity contribution >= 4 is 5.91 Å². The second-order valence-corrected chi connectivity index (χ2v) is 7.13. The molecule has 7 heteroatoms. The summed E-state index contributed by atoms with van der Waals surface area (Å²) in [7, 11) is 0. The van der Waals surface area contributed by atoms with Crippen LogP contribution >= 0.6 is 0 Å². The normalized spacial score (nSPS) is 21.7. The van der Waals surface area contributed by atoms with Gasteiger partial charge in [-0.15, -0.1) is 0 Å². The van der Waals surface area contributed by atoms with Crippen molar-refractivity contribution in [2.75, 3.05) is 26.2 Å². The molecule has 0 radical (unpaired) electrons. The lowest BCUT2D eigenvalue weighted by molar-refractivity contribution is -0.133. The van der Waals surface area contributed by atoms with Gasteiger partial charge in [0.2, 0.25) is 17.6 Å². The van der Waals surface area contributed by atoms with E-state index in [-0.39, 0.29) is 11.9 Å². The smallest absolute Gasteiger partial charge is 0.249 e. The second kappa shape index (κ2) is 7.95. The minimum absolute atomic E-state index is 0.0995. The van der Waals surface area contributed by atoms with Crippen molar-refractivity contribution in [1.29, 1.82) is 0 Å². The summed E-state index contributed by atoms with van der Waals surface area (Å²) in [4.78, 5) is 25.6. The number of amides is 1. The topological polar surface area (TPSA) is 75.4 Å². The minimum Gasteiger partial charge on any atom is -0.337 e. The van der Waals surface area contributed by atoms with Crippen molar-refractivity contribution in [3.8, 4) is 11.4 Å². The van der Waals surface area contributed by atoms with Gasteiger partial charge in [0.15, 0.2) is 0 Å². The fraction of sp³-hybridized carbons (Fsp3) is 0.579. The van der Waals surface area contributed by atoms with Gasteiger partial charge in [-0.25, -0.2) is 0 Å². The Hall–Kier alpha value is -2.28. The van der Waals surface area contributed by atoms with Crippen LogP contribution in [0.3, 0.4) is 0 Å². The lowest BCUT2D eigenvalue weighted by Gasteiger charge is -2.26. The number of pyridine rings is 1. The molecule has 138 valence electrons. The van der Waals surface area contributed by atoms with Gasteiger partial charge in [0, 0.05) is 24.5 Å². The molecule has 0 aromatic carbocycles. The minimum atomic E-state index is -0.0995. The molecule has 0 saturated carbocycles. The molecule has 2 aromatic heterocycles. The van der Waals surface area contributed by atoms with E-state index in [0.29, 0.717) is 18.3 Å². The Kier molecular flexibility index (Phi) is 5.24. The molecule has 4 rings (SSSR count). The Morgan fingerprint density at radius 3 is 2.62 bits per heavy atom. The molecule has 0 bridgehead atoms. The van der Waals surface area contributed by atoms with Crippen molar-refractivity contribution < 1.29 is 9.32 Å². The van der Waals surface area contributed by atoms with E-state index in [9.17, 15) is 4.79 Å². The standard InChI is InChI=1S/C19H25N5O2/c25-17(14-23-11-3-1-2-4-12-23)24-13-5-6-16(24)19-21-18(22-26-19)15-7-9-20-10-8-15/h7-10,16H,1-6,11-14H2/t16-/m0/s1. The Morgan fingerprint density at radius 2 is 1.85 bits per heavy atom. The molecule has 2 aromatic rings. The molecule has 7 nitrogen and oxygen atoms in total. The Bertz CT molecular complexity index is 725. The van der Waals surface area contributed by atoms with Crippen LogP contribution in [0.5, 0.6) is 0 Å². The van der Waals surface area contributed by atoms with Gasteiger partial charge in [0.25, 0.3) is 0 Å². The monoisotopic (exact) mass is 355 g/mol. The van der Waals surface area contributed by atoms with Crippen LogP contribution in [0.25, 0.3) is 11.4 Å². The Balaban J connectivity index is 1.44. The first kappa shape index (κ1) is 17.1. The Labute approximate surface area is 153 Å². The molecule has 1 amide bonds. The van der Waals surface area contributed by atoms with Crippen LogP contribution in [-0.4, -0.2) is 57.0 Å². The molecule has 0 aliphatic carbocycles. The number of carbonyl (C=O) groups is 1. The third-order valence-corrected chi connectivity index (χ3v) is 5.30. The van der Waals surface area contributed by atoms with Gasteiger partial charge in [-0.3, -0.25) is 14.7 Å². The molecule has 0 N–H and O–H groups in total. The predicted molar refractivity (Wildman–Crippen MR) is 96.1 cm³/mol. The molecule has 2 fully saturated rings. The number of nitrogens with zero attached hydrogens (tertiary/aromatic N) is 5. The lowest BCUT2D eigenvalue weighted by Crippen LogP contribution is -2.40. The predicted octanol–water partition coefficient (Wildman–Crippen LogP) is 2.67. The van der Waals surface area contributed by atoms with Crippen molar-refractivity contribution in [3.05, 3.63) is 30.4 Å². The van der Waals surface area contributed by atoms with E-state index in [1.165, 1.54) is 25.7 Å². The van der Waals surface area contributed by atoms with E-state index < -0.39 is 0 Å². The molecule has 4 heterocycles. The number of aromatic nitrogens is 3. The van der Waals surface area contributed by atoms with E-state index in [2.05, 4.69) is 20.0 Å². The number of likely N-dealkylation sites (tertiary alicyclic amines) is 2. The maximum absolute atomic E-state index is 12.9. The van der Waals surface area contributed by atoms with Gasteiger partial charge in [0.05, 0.1) is 6.54 Å². The van der Waals surface area contributed by atoms with E-state index in [4.69, 9.17) is 4.52 Å². The summed E-state index contributed by atoms with van der Waals surface area (Å²) in [5.74, 6) is 1.27. The highest BCUT2D eigenvalue weighted by molar-refractivity contribution is 5.79. The van der Waals surface area contributed by atoms with Crippen LogP contribution < -0.4 is 0 Å². The number of hydrogen-bond donors (Lipinski definition) is 0. The fourth-order valence-electron chi connectivity index (χ4n) is 3.89. The van der Waals surface area contributed by atoms with E-state index in [1.807, 2.05) is 17.0 Å². The van der Waals surface area contributed by atoms with Gasteiger partial charge in [0.1, 0.15) is 6.04 Å². The molecule has 2 saturated heterocycles. The molecular weight excluding hydrogens is 330 g/mol. The zero-order valence-electron chi connectivity index (χ0n) is 15.0. The third kappa shape index (κ3) is 3.77. The largest absolute Gasteiger partial charge is 0.337 e. The summed E-state index contributed by atoms with van der Waals surface area (Å²) in [6.45, 7) is 3.32. The van der Waals surface area contributed by atoms with Gasteiger partial charge in [-0.05, 0) is 50.9 Å². The van der Waals surface area contributed by atoms with Gasteiger partial charge < -0.3 is 9.42 Å². The first-order valence-electron chi connectivity index (χ1n) is 9.57. The maximum atomic E-state index is 12.9. The van der Waals surface area contributed by atoms with Crippen LogP contribution in [0, 0.1) is 0 Å². The lowest BCUT2D eigenvalue weighted by atomic mass is 10.2. The van der Waals surface area contributed by atoms with Crippen LogP contribution in [0.4, 0.5) is 0 Å². The highest BCUT2D eigenvalue weighted by Crippen LogP contribution is 2.32. The first-order chi connectivity index (χ1) is 12.8. The summed E-state index contributed by atoms with van der Waals surface area (Å²) in [5.41, 5.74) is 0.871. The molecular formula is C19H25N5O2. The maximum Gasteiger partial charge on any atom is 0.249 e. The SMILES string of the molecule is O=C(CN1CCCCCC1)N1CCC[C@H]1c1nc(-c2ccncc2)no1. The molecule has 1 atom stereocenters. The van der Waals surface area contributed by atoms with Crippen molar-refractivity contribution in [3.63, 3.8) is 0 Å². The van der Waals surface area contributed by atoms with E-state index in [1.54, 1.807) is 12.4 Å². The molecule has 0 unspecified atom stereocenters. The molecule has 2 aliphatic heterocycles. The number of hydrogen-bond acceptors (Lipinski definition) is 6. The summed E-state index contributed by atoms with van der Waals surface area (Å²) in [5, 5.41) is 4.09. The van der Waals surface area contributed by atoms with Crippen LogP contribution in [0.2, 0.25) is 0 Å². The van der Waals surface area contributed by atoms with Gasteiger partial charge in [-0.1, -0.05) is 18.0 Å². The zero-order valence-corrected chi connectivity index (χ0v) is 15.0. The number of carbonyl (C=O) groups excluding carboxylic acids is 1. The van der Waals surface area contributed by atoms with Crippen LogP contribution in [0.15, 0.2) is 29.0 Å². The first-order valence-corrected chi connectivity index (χ1v) is 9.57. The van der Waals surface area contributed by atoms with Crippen molar-refractivity contribution in [1.82, 2.24) is 24.9 Å². The molecule has 26 heavy (non-hydrogen) atoms. The highest BCUT2D eigenvalue weighted by Gasteiger charge is 2.34. The van der Waals surface area contributed by atoms with Gasteiger partial charge >= 0.3 is 0 Å². The summed E-state index contributed by atoms with van der Waals surface area (Å²) < 4.78 is 5.50. The van der Waals surface area contributed by atoms with Crippen LogP contribution in [0.1, 0.15) is 50.5 Å². The highest BCUT2D eigenvalue weighted by atomic mass is 16.5. The summed E-state index contributed by atoms with van der Waals surface area (Å²) >= 11 is 0. The quantitative estimate of drug-likeness (QED) is 0.839. The third-order valence-electron chi connectivity index (χ3n) is 5.30. The van der Waals surface area contributed by atoms with Crippen molar-refractivity contribution in [2.45, 2.75) is 44.6 Å². The number of rotatable bonds is 4. The van der Waals surface area contributed by atoms with E-state index >= 15 is 0 Å². The van der Waals surface area contributed by atoms with Crippen LogP contribution in [-0.2, 0) is 4.79 Å². The summed E-state index contributed by atoms with van der Waals surface area (Å²) in [6.07, 6.45) is 10.2.